The Balaban J connectivity index is 1.87. The zero-order valence-corrected chi connectivity index (χ0v) is 11.4. The zero-order valence-electron chi connectivity index (χ0n) is 11.4. The molecular formula is C14H13N7. The molecule has 0 bridgehead atoms. The van der Waals surface area contributed by atoms with E-state index < -0.39 is 0 Å². The lowest BCUT2D eigenvalue weighted by Crippen LogP contribution is -2.05. The molecule has 0 aliphatic rings. The Morgan fingerprint density at radius 1 is 1.33 bits per heavy atom. The maximum Gasteiger partial charge on any atom is 0.226 e. The molecule has 21 heavy (non-hydrogen) atoms. The standard InChI is InChI=1S/C14H13N7/c1-16-14-20-12(11-13(21-14)19-8-18-11)17-7-10-4-2-3-9(5-10)6-15/h2-5,8H,7H2,1H3,(H3,16,17,18,19,20,21). The van der Waals surface area contributed by atoms with E-state index in [4.69, 9.17) is 5.26 Å². The molecule has 3 N–H and O–H groups in total. The fourth-order valence-corrected chi connectivity index (χ4v) is 2.01. The number of anilines is 2. The number of nitrogens with zero attached hydrogens (tertiary/aromatic N) is 4. The molecule has 0 saturated heterocycles. The van der Waals surface area contributed by atoms with E-state index in [-0.39, 0.29) is 0 Å². The molecule has 0 aliphatic carbocycles. The fourth-order valence-electron chi connectivity index (χ4n) is 2.01. The summed E-state index contributed by atoms with van der Waals surface area (Å²) in [4.78, 5) is 15.8. The molecule has 1 aromatic carbocycles. The van der Waals surface area contributed by atoms with Gasteiger partial charge in [-0.1, -0.05) is 12.1 Å². The van der Waals surface area contributed by atoms with E-state index in [0.717, 1.165) is 11.1 Å². The lowest BCUT2D eigenvalue weighted by atomic mass is 10.1. The number of hydrogen-bond acceptors (Lipinski definition) is 6. The number of H-pyrrole nitrogens is 1. The quantitative estimate of drug-likeness (QED) is 0.674. The number of nitrogens with one attached hydrogen (secondary N) is 3. The summed E-state index contributed by atoms with van der Waals surface area (Å²) < 4.78 is 0. The highest BCUT2D eigenvalue weighted by Gasteiger charge is 2.09. The summed E-state index contributed by atoms with van der Waals surface area (Å²) in [5.41, 5.74) is 3.00. The maximum atomic E-state index is 8.92. The molecule has 0 aliphatic heterocycles. The summed E-state index contributed by atoms with van der Waals surface area (Å²) >= 11 is 0. The molecule has 0 saturated carbocycles. The van der Waals surface area contributed by atoms with Crippen LogP contribution in [0.15, 0.2) is 30.6 Å². The van der Waals surface area contributed by atoms with Gasteiger partial charge in [0.1, 0.15) is 5.52 Å². The van der Waals surface area contributed by atoms with Crippen molar-refractivity contribution >= 4 is 22.9 Å². The van der Waals surface area contributed by atoms with Crippen molar-refractivity contribution in [1.82, 2.24) is 19.9 Å². The Bertz CT molecular complexity index is 816. The molecule has 3 aromatic rings. The number of imidazole rings is 1. The smallest absolute Gasteiger partial charge is 0.226 e. The largest absolute Gasteiger partial charge is 0.364 e. The van der Waals surface area contributed by atoms with Gasteiger partial charge in [-0.25, -0.2) is 4.98 Å². The van der Waals surface area contributed by atoms with Crippen LogP contribution in [0, 0.1) is 11.3 Å². The molecule has 0 unspecified atom stereocenters. The van der Waals surface area contributed by atoms with Crippen LogP contribution in [0.4, 0.5) is 11.8 Å². The first-order valence-electron chi connectivity index (χ1n) is 6.42. The summed E-state index contributed by atoms with van der Waals surface area (Å²) in [6.07, 6.45) is 1.58. The topological polar surface area (TPSA) is 102 Å². The molecule has 3 rings (SSSR count). The van der Waals surface area contributed by atoms with Crippen molar-refractivity contribution in [1.29, 1.82) is 5.26 Å². The number of hydrogen-bond donors (Lipinski definition) is 3. The number of nitriles is 1. The van der Waals surface area contributed by atoms with Gasteiger partial charge in [0, 0.05) is 13.6 Å². The van der Waals surface area contributed by atoms with Crippen molar-refractivity contribution in [3.8, 4) is 6.07 Å². The lowest BCUT2D eigenvalue weighted by Gasteiger charge is -2.08. The van der Waals surface area contributed by atoms with Gasteiger partial charge in [0.2, 0.25) is 5.95 Å². The van der Waals surface area contributed by atoms with E-state index >= 15 is 0 Å². The van der Waals surface area contributed by atoms with Crippen molar-refractivity contribution in [2.75, 3.05) is 17.7 Å². The van der Waals surface area contributed by atoms with Crippen LogP contribution in [0.25, 0.3) is 11.2 Å². The van der Waals surface area contributed by atoms with Crippen molar-refractivity contribution in [3.63, 3.8) is 0 Å². The number of rotatable bonds is 4. The van der Waals surface area contributed by atoms with Crippen LogP contribution in [0.2, 0.25) is 0 Å². The van der Waals surface area contributed by atoms with Crippen LogP contribution in [0.1, 0.15) is 11.1 Å². The molecule has 0 spiro atoms. The minimum atomic E-state index is 0.503. The van der Waals surface area contributed by atoms with Gasteiger partial charge < -0.3 is 15.6 Å². The van der Waals surface area contributed by atoms with Crippen LogP contribution in [0.5, 0.6) is 0 Å². The highest BCUT2D eigenvalue weighted by molar-refractivity contribution is 5.83. The number of benzene rings is 1. The van der Waals surface area contributed by atoms with Gasteiger partial charge in [-0.3, -0.25) is 0 Å². The van der Waals surface area contributed by atoms with E-state index in [1.165, 1.54) is 0 Å². The first-order valence-corrected chi connectivity index (χ1v) is 6.42. The van der Waals surface area contributed by atoms with Crippen molar-refractivity contribution in [2.45, 2.75) is 6.54 Å². The summed E-state index contributed by atoms with van der Waals surface area (Å²) in [7, 11) is 1.76. The normalized spacial score (nSPS) is 10.3. The number of aromatic amines is 1. The van der Waals surface area contributed by atoms with Gasteiger partial charge in [0.05, 0.1) is 18.0 Å². The van der Waals surface area contributed by atoms with Crippen molar-refractivity contribution in [2.24, 2.45) is 0 Å². The minimum Gasteiger partial charge on any atom is -0.364 e. The van der Waals surface area contributed by atoms with E-state index in [0.29, 0.717) is 29.5 Å². The second kappa shape index (κ2) is 5.46. The molecule has 7 nitrogen and oxygen atoms in total. The lowest BCUT2D eigenvalue weighted by molar-refractivity contribution is 1.09. The predicted octanol–water partition coefficient (Wildman–Crippen LogP) is 1.88. The highest BCUT2D eigenvalue weighted by Crippen LogP contribution is 2.19. The third-order valence-corrected chi connectivity index (χ3v) is 3.03. The summed E-state index contributed by atoms with van der Waals surface area (Å²) in [6.45, 7) is 0.559. The Morgan fingerprint density at radius 3 is 3.05 bits per heavy atom. The average molecular weight is 279 g/mol. The molecular weight excluding hydrogens is 266 g/mol. The molecule has 0 radical (unpaired) electrons. The third-order valence-electron chi connectivity index (χ3n) is 3.03. The number of fused-ring (bicyclic) bond motifs is 1. The predicted molar refractivity (Wildman–Crippen MR) is 79.7 cm³/mol. The number of aromatic nitrogens is 4. The Kier molecular flexibility index (Phi) is 3.35. The SMILES string of the molecule is CNc1nc(NCc2cccc(C#N)c2)c2[nH]cnc2n1. The first kappa shape index (κ1) is 12.9. The molecule has 0 fully saturated rings. The first-order chi connectivity index (χ1) is 10.3. The van der Waals surface area contributed by atoms with Gasteiger partial charge in [-0.05, 0) is 17.7 Å². The van der Waals surface area contributed by atoms with E-state index in [1.807, 2.05) is 18.2 Å². The van der Waals surface area contributed by atoms with Gasteiger partial charge in [0.25, 0.3) is 0 Å². The fraction of sp³-hybridized carbons (Fsp3) is 0.143. The highest BCUT2D eigenvalue weighted by atomic mass is 15.2. The Labute approximate surface area is 121 Å². The molecule has 104 valence electrons. The van der Waals surface area contributed by atoms with E-state index in [2.05, 4.69) is 36.6 Å². The summed E-state index contributed by atoms with van der Waals surface area (Å²) in [5.74, 6) is 1.17. The second-order valence-corrected chi connectivity index (χ2v) is 4.41. The van der Waals surface area contributed by atoms with E-state index in [1.54, 1.807) is 19.4 Å². The van der Waals surface area contributed by atoms with Gasteiger partial charge in [-0.15, -0.1) is 0 Å². The molecule has 0 amide bonds. The Morgan fingerprint density at radius 2 is 2.24 bits per heavy atom. The van der Waals surface area contributed by atoms with Crippen LogP contribution in [-0.4, -0.2) is 27.0 Å². The van der Waals surface area contributed by atoms with Crippen LogP contribution >= 0.6 is 0 Å². The average Bonchev–Trinajstić information content (AvgIpc) is 3.01. The molecule has 2 heterocycles. The van der Waals surface area contributed by atoms with Gasteiger partial charge >= 0.3 is 0 Å². The van der Waals surface area contributed by atoms with Crippen molar-refractivity contribution < 1.29 is 0 Å². The van der Waals surface area contributed by atoms with Crippen LogP contribution in [-0.2, 0) is 6.54 Å². The molecule has 7 heteroatoms. The molecule has 2 aromatic heterocycles. The van der Waals surface area contributed by atoms with Crippen LogP contribution < -0.4 is 10.6 Å². The van der Waals surface area contributed by atoms with Gasteiger partial charge in [0.15, 0.2) is 11.5 Å². The molecule has 0 atom stereocenters. The second-order valence-electron chi connectivity index (χ2n) is 4.41. The zero-order chi connectivity index (χ0) is 14.7. The van der Waals surface area contributed by atoms with Crippen LogP contribution in [0.3, 0.4) is 0 Å². The monoisotopic (exact) mass is 279 g/mol. The van der Waals surface area contributed by atoms with E-state index in [9.17, 15) is 0 Å². The minimum absolute atomic E-state index is 0.503. The Hall–Kier alpha value is -3.14. The van der Waals surface area contributed by atoms with Crippen molar-refractivity contribution in [3.05, 3.63) is 41.7 Å². The van der Waals surface area contributed by atoms with Gasteiger partial charge in [-0.2, -0.15) is 15.2 Å². The maximum absolute atomic E-state index is 8.92. The third kappa shape index (κ3) is 2.60. The summed E-state index contributed by atoms with van der Waals surface area (Å²) in [6, 6.07) is 9.57. The summed E-state index contributed by atoms with van der Waals surface area (Å²) in [5, 5.41) is 15.1.